The second-order valence-electron chi connectivity index (χ2n) is 8.65. The lowest BCUT2D eigenvalue weighted by Crippen LogP contribution is -2.37. The van der Waals surface area contributed by atoms with Crippen LogP contribution in [0.3, 0.4) is 0 Å². The molecule has 0 saturated carbocycles. The number of hydrogen-bond donors (Lipinski definition) is 1. The van der Waals surface area contributed by atoms with E-state index in [1.807, 2.05) is 48.1 Å². The third-order valence-corrected chi connectivity index (χ3v) is 6.26. The number of ether oxygens (including phenoxy) is 2. The molecule has 0 amide bonds. The first-order chi connectivity index (χ1) is 17.6. The molecule has 186 valence electrons. The standard InChI is InChI=1S/C27H30N6O3/c1-3-25(34)19-6-8-22(9-7-19)29-26-17-23(30-27(31-26)32-10-14-36-15-11-32)20-4-5-21-18-28-33(12-13-35-2)24(21)16-20/h4-9,16-18H,3,10-15H2,1-2H3,(H,29,30,31). The quantitative estimate of drug-likeness (QED) is 0.350. The SMILES string of the molecule is CCC(=O)c1ccc(Nc2cc(-c3ccc4cnn(CCOC)c4c3)nc(N3CCOCC3)n2)cc1. The molecule has 1 aliphatic rings. The number of rotatable bonds is 9. The van der Waals surface area contributed by atoms with E-state index in [1.54, 1.807) is 7.11 Å². The molecule has 2 aromatic carbocycles. The van der Waals surface area contributed by atoms with Crippen molar-refractivity contribution < 1.29 is 14.3 Å². The van der Waals surface area contributed by atoms with Gasteiger partial charge in [-0.2, -0.15) is 10.1 Å². The summed E-state index contributed by atoms with van der Waals surface area (Å²) in [6.07, 6.45) is 2.35. The Bertz CT molecular complexity index is 1350. The zero-order valence-electron chi connectivity index (χ0n) is 20.6. The number of aromatic nitrogens is 4. The fourth-order valence-electron chi connectivity index (χ4n) is 4.23. The number of carbonyl (C=O) groups excluding carboxylic acids is 1. The molecule has 0 spiro atoms. The van der Waals surface area contributed by atoms with Crippen LogP contribution in [0.2, 0.25) is 0 Å². The van der Waals surface area contributed by atoms with Crippen molar-refractivity contribution in [2.24, 2.45) is 0 Å². The topological polar surface area (TPSA) is 94.4 Å². The van der Waals surface area contributed by atoms with Crippen molar-refractivity contribution in [1.82, 2.24) is 19.7 Å². The van der Waals surface area contributed by atoms with Crippen molar-refractivity contribution in [2.45, 2.75) is 19.9 Å². The molecular weight excluding hydrogens is 456 g/mol. The zero-order chi connectivity index (χ0) is 24.9. The van der Waals surface area contributed by atoms with Crippen LogP contribution in [0, 0.1) is 0 Å². The van der Waals surface area contributed by atoms with Crippen molar-refractivity contribution in [1.29, 1.82) is 0 Å². The summed E-state index contributed by atoms with van der Waals surface area (Å²) in [5.41, 5.74) is 4.38. The molecule has 0 aliphatic carbocycles. The maximum Gasteiger partial charge on any atom is 0.228 e. The average Bonchev–Trinajstić information content (AvgIpc) is 3.34. The van der Waals surface area contributed by atoms with Gasteiger partial charge in [-0.05, 0) is 30.3 Å². The van der Waals surface area contributed by atoms with Crippen LogP contribution in [-0.2, 0) is 16.0 Å². The summed E-state index contributed by atoms with van der Waals surface area (Å²) in [4.78, 5) is 23.9. The van der Waals surface area contributed by atoms with Gasteiger partial charge in [-0.25, -0.2) is 4.98 Å². The molecule has 9 nitrogen and oxygen atoms in total. The third-order valence-electron chi connectivity index (χ3n) is 6.26. The maximum absolute atomic E-state index is 12.0. The van der Waals surface area contributed by atoms with Gasteiger partial charge >= 0.3 is 0 Å². The number of ketones is 1. The van der Waals surface area contributed by atoms with Crippen LogP contribution < -0.4 is 10.2 Å². The highest BCUT2D eigenvalue weighted by atomic mass is 16.5. The van der Waals surface area contributed by atoms with Gasteiger partial charge in [-0.15, -0.1) is 0 Å². The lowest BCUT2D eigenvalue weighted by Gasteiger charge is -2.27. The number of Topliss-reactive ketones (excluding diaryl/α,β-unsaturated/α-hetero) is 1. The molecule has 1 aliphatic heterocycles. The molecule has 0 bridgehead atoms. The Morgan fingerprint density at radius 3 is 2.64 bits per heavy atom. The van der Waals surface area contributed by atoms with Crippen molar-refractivity contribution >= 4 is 34.1 Å². The van der Waals surface area contributed by atoms with Crippen LogP contribution in [-0.4, -0.2) is 65.6 Å². The van der Waals surface area contributed by atoms with E-state index in [2.05, 4.69) is 33.5 Å². The molecule has 0 atom stereocenters. The van der Waals surface area contributed by atoms with Crippen molar-refractivity contribution in [3.05, 3.63) is 60.3 Å². The van der Waals surface area contributed by atoms with Gasteiger partial charge in [0.2, 0.25) is 5.95 Å². The van der Waals surface area contributed by atoms with E-state index in [0.29, 0.717) is 50.1 Å². The Morgan fingerprint density at radius 2 is 1.89 bits per heavy atom. The van der Waals surface area contributed by atoms with E-state index < -0.39 is 0 Å². The van der Waals surface area contributed by atoms with Crippen LogP contribution in [0.15, 0.2) is 54.7 Å². The highest BCUT2D eigenvalue weighted by Crippen LogP contribution is 2.28. The lowest BCUT2D eigenvalue weighted by atomic mass is 10.1. The Kier molecular flexibility index (Phi) is 7.20. The van der Waals surface area contributed by atoms with Gasteiger partial charge in [0.05, 0.1) is 43.8 Å². The van der Waals surface area contributed by atoms with Crippen LogP contribution >= 0.6 is 0 Å². The Morgan fingerprint density at radius 1 is 1.08 bits per heavy atom. The minimum atomic E-state index is 0.126. The van der Waals surface area contributed by atoms with Gasteiger partial charge in [0.1, 0.15) is 5.82 Å². The summed E-state index contributed by atoms with van der Waals surface area (Å²) in [5, 5.41) is 8.96. The summed E-state index contributed by atoms with van der Waals surface area (Å²) in [7, 11) is 1.69. The largest absolute Gasteiger partial charge is 0.383 e. The highest BCUT2D eigenvalue weighted by molar-refractivity contribution is 5.96. The van der Waals surface area contributed by atoms with Crippen molar-refractivity contribution in [3.63, 3.8) is 0 Å². The predicted octanol–water partition coefficient (Wildman–Crippen LogP) is 4.31. The van der Waals surface area contributed by atoms with Gasteiger partial charge in [-0.3, -0.25) is 9.48 Å². The minimum absolute atomic E-state index is 0.126. The molecule has 0 radical (unpaired) electrons. The van der Waals surface area contributed by atoms with Crippen molar-refractivity contribution in [3.8, 4) is 11.3 Å². The van der Waals surface area contributed by atoms with E-state index in [9.17, 15) is 4.79 Å². The van der Waals surface area contributed by atoms with Crippen LogP contribution in [0.1, 0.15) is 23.7 Å². The van der Waals surface area contributed by atoms with E-state index in [4.69, 9.17) is 19.4 Å². The average molecular weight is 487 g/mol. The molecule has 36 heavy (non-hydrogen) atoms. The fourth-order valence-corrected chi connectivity index (χ4v) is 4.23. The molecule has 2 aromatic heterocycles. The van der Waals surface area contributed by atoms with Crippen LogP contribution in [0.25, 0.3) is 22.2 Å². The first kappa shape index (κ1) is 23.9. The second kappa shape index (κ2) is 10.8. The number of benzene rings is 2. The molecule has 1 N–H and O–H groups in total. The summed E-state index contributed by atoms with van der Waals surface area (Å²) >= 11 is 0. The molecule has 5 rings (SSSR count). The molecule has 1 saturated heterocycles. The Balaban J connectivity index is 1.50. The molecule has 0 unspecified atom stereocenters. The van der Waals surface area contributed by atoms with Gasteiger partial charge < -0.3 is 19.7 Å². The molecular formula is C27H30N6O3. The van der Waals surface area contributed by atoms with Gasteiger partial charge in [0, 0.05) is 54.9 Å². The molecule has 9 heteroatoms. The second-order valence-corrected chi connectivity index (χ2v) is 8.65. The third kappa shape index (κ3) is 5.22. The van der Waals surface area contributed by atoms with Crippen molar-refractivity contribution in [2.75, 3.05) is 50.2 Å². The number of hydrogen-bond acceptors (Lipinski definition) is 8. The molecule has 4 aromatic rings. The maximum atomic E-state index is 12.0. The Hall–Kier alpha value is -3.82. The lowest BCUT2D eigenvalue weighted by molar-refractivity contribution is 0.0988. The molecule has 3 heterocycles. The predicted molar refractivity (Wildman–Crippen MR) is 140 cm³/mol. The first-order valence-electron chi connectivity index (χ1n) is 12.2. The van der Waals surface area contributed by atoms with Gasteiger partial charge in [-0.1, -0.05) is 19.1 Å². The number of fused-ring (bicyclic) bond motifs is 1. The molecule has 1 fully saturated rings. The summed E-state index contributed by atoms with van der Waals surface area (Å²) < 4.78 is 12.7. The van der Waals surface area contributed by atoms with E-state index in [-0.39, 0.29) is 5.78 Å². The van der Waals surface area contributed by atoms with E-state index in [1.165, 1.54) is 0 Å². The minimum Gasteiger partial charge on any atom is -0.383 e. The van der Waals surface area contributed by atoms with Gasteiger partial charge in [0.25, 0.3) is 0 Å². The van der Waals surface area contributed by atoms with Gasteiger partial charge in [0.15, 0.2) is 5.78 Å². The summed E-state index contributed by atoms with van der Waals surface area (Å²) in [6.45, 7) is 5.90. The smallest absolute Gasteiger partial charge is 0.228 e. The number of nitrogens with one attached hydrogen (secondary N) is 1. The summed E-state index contributed by atoms with van der Waals surface area (Å²) in [5.74, 6) is 1.47. The number of nitrogens with zero attached hydrogens (tertiary/aromatic N) is 5. The monoisotopic (exact) mass is 486 g/mol. The first-order valence-corrected chi connectivity index (χ1v) is 12.2. The highest BCUT2D eigenvalue weighted by Gasteiger charge is 2.17. The van der Waals surface area contributed by atoms with Crippen LogP contribution in [0.4, 0.5) is 17.5 Å². The summed E-state index contributed by atoms with van der Waals surface area (Å²) in [6, 6.07) is 15.7. The fraction of sp³-hybridized carbons (Fsp3) is 0.333. The number of methoxy groups -OCH3 is 1. The van der Waals surface area contributed by atoms with E-state index >= 15 is 0 Å². The Labute approximate surface area is 210 Å². The van der Waals surface area contributed by atoms with E-state index in [0.717, 1.165) is 40.9 Å². The number of carbonyl (C=O) groups is 1. The number of anilines is 3. The van der Waals surface area contributed by atoms with Crippen LogP contribution in [0.5, 0.6) is 0 Å². The zero-order valence-corrected chi connectivity index (χ0v) is 20.6. The number of morpholine rings is 1. The normalized spacial score (nSPS) is 13.8.